The highest BCUT2D eigenvalue weighted by molar-refractivity contribution is 7.89. The fourth-order valence-electron chi connectivity index (χ4n) is 5.95. The first kappa shape index (κ1) is 28.5. The van der Waals surface area contributed by atoms with Gasteiger partial charge in [-0.1, -0.05) is 42.5 Å². The van der Waals surface area contributed by atoms with Crippen LogP contribution in [-0.2, 0) is 27.7 Å². The molecular weight excluding hydrogens is 526 g/mol. The first-order valence-electron chi connectivity index (χ1n) is 14.3. The zero-order chi connectivity index (χ0) is 28.0. The summed E-state index contributed by atoms with van der Waals surface area (Å²) in [4.78, 5) is 13.5. The van der Waals surface area contributed by atoms with Crippen LogP contribution in [-0.4, -0.2) is 69.8 Å². The highest BCUT2D eigenvalue weighted by Gasteiger charge is 2.23. The maximum atomic E-state index is 13.0. The minimum absolute atomic E-state index is 0.324. The van der Waals surface area contributed by atoms with Crippen molar-refractivity contribution in [2.24, 2.45) is 5.92 Å². The molecule has 214 valence electrons. The van der Waals surface area contributed by atoms with Crippen molar-refractivity contribution in [3.05, 3.63) is 71.8 Å². The Bertz CT molecular complexity index is 1410. The van der Waals surface area contributed by atoms with E-state index in [1.165, 1.54) is 11.1 Å². The van der Waals surface area contributed by atoms with Crippen molar-refractivity contribution in [2.45, 2.75) is 49.5 Å². The smallest absolute Gasteiger partial charge is 0.341 e. The second kappa shape index (κ2) is 13.1. The molecule has 3 aromatic rings. The molecule has 0 amide bonds. The highest BCUT2D eigenvalue weighted by Crippen LogP contribution is 2.26. The van der Waals surface area contributed by atoms with E-state index in [9.17, 15) is 13.2 Å². The Hall–Kier alpha value is -2.98. The molecule has 2 aliphatic rings. The van der Waals surface area contributed by atoms with Crippen LogP contribution in [0, 0.1) is 5.92 Å². The Morgan fingerprint density at radius 3 is 2.62 bits per heavy atom. The molecule has 0 spiro atoms. The van der Waals surface area contributed by atoms with Gasteiger partial charge in [0.05, 0.1) is 4.90 Å². The number of rotatable bonds is 11. The lowest BCUT2D eigenvalue weighted by atomic mass is 9.95. The van der Waals surface area contributed by atoms with Crippen molar-refractivity contribution < 1.29 is 23.1 Å². The van der Waals surface area contributed by atoms with Gasteiger partial charge in [0.25, 0.3) is 0 Å². The van der Waals surface area contributed by atoms with E-state index < -0.39 is 16.0 Å². The summed E-state index contributed by atoms with van der Waals surface area (Å²) in [5.74, 6) is 0.257. The number of nitrogens with one attached hydrogen (secondary N) is 2. The van der Waals surface area contributed by atoms with Crippen LogP contribution in [0.3, 0.4) is 0 Å². The van der Waals surface area contributed by atoms with Gasteiger partial charge >= 0.3 is 5.97 Å². The summed E-state index contributed by atoms with van der Waals surface area (Å²) in [6, 6.07) is 19.3. The van der Waals surface area contributed by atoms with Crippen molar-refractivity contribution in [3.63, 3.8) is 0 Å². The summed E-state index contributed by atoms with van der Waals surface area (Å²) < 4.78 is 34.2. The fourth-order valence-corrected chi connectivity index (χ4v) is 7.19. The van der Waals surface area contributed by atoms with Gasteiger partial charge in [0.1, 0.15) is 5.75 Å². The van der Waals surface area contributed by atoms with Crippen molar-refractivity contribution in [1.29, 1.82) is 0 Å². The fraction of sp³-hybridized carbons (Fsp3) is 0.452. The van der Waals surface area contributed by atoms with Gasteiger partial charge in [-0.15, -0.1) is 0 Å². The van der Waals surface area contributed by atoms with Crippen LogP contribution in [0.4, 0.5) is 0 Å². The van der Waals surface area contributed by atoms with Crippen molar-refractivity contribution >= 4 is 26.8 Å². The number of carboxylic acids is 1. The van der Waals surface area contributed by atoms with E-state index in [0.29, 0.717) is 35.7 Å². The average Bonchev–Trinajstić information content (AvgIpc) is 3.16. The van der Waals surface area contributed by atoms with Gasteiger partial charge in [0.2, 0.25) is 10.0 Å². The summed E-state index contributed by atoms with van der Waals surface area (Å²) in [7, 11) is -3.57. The molecule has 3 aromatic carbocycles. The molecule has 5 rings (SSSR count). The molecule has 1 saturated heterocycles. The number of carbonyl (C=O) groups is 1. The third-order valence-corrected chi connectivity index (χ3v) is 9.69. The number of ether oxygens (including phenoxy) is 1. The molecule has 0 unspecified atom stereocenters. The van der Waals surface area contributed by atoms with Crippen molar-refractivity contribution in [2.75, 3.05) is 39.3 Å². The van der Waals surface area contributed by atoms with E-state index in [2.05, 4.69) is 21.0 Å². The Morgan fingerprint density at radius 2 is 1.80 bits per heavy atom. The monoisotopic (exact) mass is 565 g/mol. The lowest BCUT2D eigenvalue weighted by Gasteiger charge is -2.33. The Kier molecular flexibility index (Phi) is 9.36. The minimum atomic E-state index is -3.57. The molecule has 9 heteroatoms. The standard InChI is InChI=1S/C31H39N3O5S/c35-31(36)22-39-28-12-11-24-6-3-8-27(19-26(24)20-28)32-21-23-13-16-34(17-14-23)18-15-33-40(37,38)30-10-4-7-25-5-1-2-9-29(25)30/h1-2,4-5,7,9-12,20,23,27,32-33H,3,6,8,13-19,21-22H2,(H,35,36)/t27-/m0/s1. The molecule has 0 aromatic heterocycles. The molecule has 40 heavy (non-hydrogen) atoms. The zero-order valence-electron chi connectivity index (χ0n) is 22.8. The number of aryl methyl sites for hydroxylation is 1. The van der Waals surface area contributed by atoms with Crippen molar-refractivity contribution in [3.8, 4) is 5.75 Å². The molecular formula is C31H39N3O5S. The lowest BCUT2D eigenvalue weighted by molar-refractivity contribution is -0.139. The summed E-state index contributed by atoms with van der Waals surface area (Å²) in [5.41, 5.74) is 2.58. The van der Waals surface area contributed by atoms with Gasteiger partial charge in [-0.2, -0.15) is 0 Å². The summed E-state index contributed by atoms with van der Waals surface area (Å²) >= 11 is 0. The highest BCUT2D eigenvalue weighted by atomic mass is 32.2. The average molecular weight is 566 g/mol. The number of piperidine rings is 1. The van der Waals surface area contributed by atoms with E-state index in [-0.39, 0.29) is 6.61 Å². The molecule has 1 atom stereocenters. The molecule has 1 heterocycles. The maximum Gasteiger partial charge on any atom is 0.341 e. The van der Waals surface area contributed by atoms with Crippen LogP contribution in [0.1, 0.15) is 36.8 Å². The Balaban J connectivity index is 1.05. The molecule has 3 N–H and O–H groups in total. The van der Waals surface area contributed by atoms with Crippen LogP contribution >= 0.6 is 0 Å². The van der Waals surface area contributed by atoms with Gasteiger partial charge in [-0.25, -0.2) is 17.9 Å². The maximum absolute atomic E-state index is 13.0. The molecule has 8 nitrogen and oxygen atoms in total. The molecule has 0 bridgehead atoms. The quantitative estimate of drug-likeness (QED) is 0.303. The number of hydrogen-bond donors (Lipinski definition) is 3. The van der Waals surface area contributed by atoms with E-state index >= 15 is 0 Å². The topological polar surface area (TPSA) is 108 Å². The molecule has 1 aliphatic heterocycles. The number of nitrogens with zero attached hydrogens (tertiary/aromatic N) is 1. The van der Waals surface area contributed by atoms with Crippen molar-refractivity contribution in [1.82, 2.24) is 14.9 Å². The number of aliphatic carboxylic acids is 1. The number of carboxylic acid groups (broad SMARTS) is 1. The van der Waals surface area contributed by atoms with Crippen LogP contribution < -0.4 is 14.8 Å². The predicted molar refractivity (Wildman–Crippen MR) is 156 cm³/mol. The molecule has 1 aliphatic carbocycles. The number of likely N-dealkylation sites (tertiary alicyclic amines) is 1. The largest absolute Gasteiger partial charge is 0.482 e. The molecule has 0 radical (unpaired) electrons. The second-order valence-electron chi connectivity index (χ2n) is 11.0. The van der Waals surface area contributed by atoms with E-state index in [1.807, 2.05) is 42.5 Å². The SMILES string of the molecule is O=C(O)COc1ccc2c(c1)C[C@@H](NCC1CCN(CCNS(=O)(=O)c3cccc4ccccc34)CC1)CCC2. The van der Waals surface area contributed by atoms with Crippen LogP contribution in [0.5, 0.6) is 5.75 Å². The number of benzene rings is 3. The lowest BCUT2D eigenvalue weighted by Crippen LogP contribution is -2.42. The first-order valence-corrected chi connectivity index (χ1v) is 15.8. The third kappa shape index (κ3) is 7.40. The van der Waals surface area contributed by atoms with E-state index in [4.69, 9.17) is 9.84 Å². The van der Waals surface area contributed by atoms with Gasteiger partial charge in [-0.05, 0) is 98.8 Å². The third-order valence-electron chi connectivity index (χ3n) is 8.17. The second-order valence-corrected chi connectivity index (χ2v) is 12.7. The van der Waals surface area contributed by atoms with Gasteiger partial charge in [-0.3, -0.25) is 0 Å². The molecule has 0 saturated carbocycles. The number of sulfonamides is 1. The zero-order valence-corrected chi connectivity index (χ0v) is 23.7. The van der Waals surface area contributed by atoms with Crippen LogP contribution in [0.25, 0.3) is 10.8 Å². The minimum Gasteiger partial charge on any atom is -0.482 e. The Labute approximate surface area is 236 Å². The Morgan fingerprint density at radius 1 is 1.00 bits per heavy atom. The summed E-state index contributed by atoms with van der Waals surface area (Å²) in [5, 5.41) is 14.4. The van der Waals surface area contributed by atoms with E-state index in [0.717, 1.165) is 68.9 Å². The number of hydrogen-bond acceptors (Lipinski definition) is 6. The van der Waals surface area contributed by atoms with Crippen LogP contribution in [0.15, 0.2) is 65.6 Å². The molecule has 1 fully saturated rings. The predicted octanol–water partition coefficient (Wildman–Crippen LogP) is 3.83. The van der Waals surface area contributed by atoms with Crippen LogP contribution in [0.2, 0.25) is 0 Å². The summed E-state index contributed by atoms with van der Waals surface area (Å²) in [6.07, 6.45) is 6.41. The van der Waals surface area contributed by atoms with Gasteiger partial charge < -0.3 is 20.1 Å². The first-order chi connectivity index (χ1) is 19.4. The van der Waals surface area contributed by atoms with E-state index in [1.54, 1.807) is 12.1 Å². The summed E-state index contributed by atoms with van der Waals surface area (Å²) in [6.45, 7) is 3.70. The van der Waals surface area contributed by atoms with Gasteiger partial charge in [0, 0.05) is 24.5 Å². The van der Waals surface area contributed by atoms with Gasteiger partial charge in [0.15, 0.2) is 6.61 Å². The number of fused-ring (bicyclic) bond motifs is 2. The normalized spacial score (nSPS) is 18.8.